The van der Waals surface area contributed by atoms with Gasteiger partial charge < -0.3 is 21.1 Å². The summed E-state index contributed by atoms with van der Waals surface area (Å²) in [5, 5.41) is 16.4. The highest BCUT2D eigenvalue weighted by atomic mass is 16.4. The molecule has 0 spiro atoms. The van der Waals surface area contributed by atoms with E-state index >= 15 is 0 Å². The van der Waals surface area contributed by atoms with Gasteiger partial charge >= 0.3 is 5.97 Å². The molecular formula is C15H23N5O4. The molecule has 0 saturated carbocycles. The van der Waals surface area contributed by atoms with Crippen molar-refractivity contribution in [2.45, 2.75) is 32.6 Å². The van der Waals surface area contributed by atoms with E-state index in [9.17, 15) is 14.4 Å². The zero-order valence-electron chi connectivity index (χ0n) is 13.7. The van der Waals surface area contributed by atoms with Crippen LogP contribution in [0.15, 0.2) is 12.3 Å². The Bertz CT molecular complexity index is 565. The second kappa shape index (κ2) is 10.9. The van der Waals surface area contributed by atoms with Gasteiger partial charge in [-0.15, -0.1) is 0 Å². The van der Waals surface area contributed by atoms with Crippen molar-refractivity contribution in [2.24, 2.45) is 0 Å². The summed E-state index contributed by atoms with van der Waals surface area (Å²) in [5.41, 5.74) is 0.883. The van der Waals surface area contributed by atoms with Gasteiger partial charge in [-0.25, -0.2) is 9.97 Å². The molecule has 0 aromatic carbocycles. The summed E-state index contributed by atoms with van der Waals surface area (Å²) in [4.78, 5) is 41.5. The number of nitrogens with one attached hydrogen (secondary N) is 3. The lowest BCUT2D eigenvalue weighted by atomic mass is 10.2. The fraction of sp³-hybridized carbons (Fsp3) is 0.533. The average molecular weight is 337 g/mol. The molecule has 2 amide bonds. The number of hydrogen-bond acceptors (Lipinski definition) is 6. The minimum Gasteiger partial charge on any atom is -0.481 e. The molecular weight excluding hydrogens is 314 g/mol. The zero-order chi connectivity index (χ0) is 17.8. The van der Waals surface area contributed by atoms with Gasteiger partial charge in [-0.05, 0) is 25.8 Å². The molecule has 0 bridgehead atoms. The molecule has 132 valence electrons. The normalized spacial score (nSPS) is 10.0. The standard InChI is InChI=1S/C15H23N5O4/c1-11-5-8-18-15(20-11)17-7-3-2-4-12(21)19-10-13(22)16-9-6-14(23)24/h5,8H,2-4,6-7,9-10H2,1H3,(H,16,22)(H,19,21)(H,23,24)(H,17,18,20). The number of aliphatic carboxylic acids is 1. The smallest absolute Gasteiger partial charge is 0.305 e. The fourth-order valence-corrected chi connectivity index (χ4v) is 1.78. The number of carbonyl (C=O) groups excluding carboxylic acids is 2. The van der Waals surface area contributed by atoms with Crippen LogP contribution in [0.25, 0.3) is 0 Å². The van der Waals surface area contributed by atoms with Crippen molar-refractivity contribution < 1.29 is 19.5 Å². The van der Waals surface area contributed by atoms with Crippen LogP contribution in [-0.4, -0.2) is 52.5 Å². The van der Waals surface area contributed by atoms with Crippen LogP contribution < -0.4 is 16.0 Å². The number of amides is 2. The average Bonchev–Trinajstić information content (AvgIpc) is 2.52. The highest BCUT2D eigenvalue weighted by Crippen LogP contribution is 2.01. The predicted molar refractivity (Wildman–Crippen MR) is 87.4 cm³/mol. The van der Waals surface area contributed by atoms with Gasteiger partial charge in [-0.2, -0.15) is 0 Å². The number of carbonyl (C=O) groups is 3. The van der Waals surface area contributed by atoms with Crippen molar-refractivity contribution in [3.05, 3.63) is 18.0 Å². The van der Waals surface area contributed by atoms with Crippen LogP contribution in [-0.2, 0) is 14.4 Å². The van der Waals surface area contributed by atoms with E-state index in [1.54, 1.807) is 6.20 Å². The van der Waals surface area contributed by atoms with Crippen molar-refractivity contribution in [3.8, 4) is 0 Å². The van der Waals surface area contributed by atoms with Crippen LogP contribution in [0, 0.1) is 6.92 Å². The lowest BCUT2D eigenvalue weighted by molar-refractivity contribution is -0.137. The molecule has 0 fully saturated rings. The largest absolute Gasteiger partial charge is 0.481 e. The van der Waals surface area contributed by atoms with Gasteiger partial charge in [0.1, 0.15) is 0 Å². The van der Waals surface area contributed by atoms with Crippen LogP contribution in [0.4, 0.5) is 5.95 Å². The monoisotopic (exact) mass is 337 g/mol. The molecule has 0 radical (unpaired) electrons. The van der Waals surface area contributed by atoms with E-state index in [0.29, 0.717) is 25.3 Å². The first-order valence-corrected chi connectivity index (χ1v) is 7.76. The van der Waals surface area contributed by atoms with Crippen molar-refractivity contribution in [2.75, 3.05) is 25.0 Å². The molecule has 1 heterocycles. The third kappa shape index (κ3) is 9.34. The Labute approximate surface area is 140 Å². The summed E-state index contributed by atoms with van der Waals surface area (Å²) >= 11 is 0. The molecule has 4 N–H and O–H groups in total. The molecule has 0 saturated heterocycles. The minimum atomic E-state index is -0.982. The number of aryl methyl sites for hydroxylation is 1. The van der Waals surface area contributed by atoms with E-state index in [4.69, 9.17) is 5.11 Å². The number of anilines is 1. The van der Waals surface area contributed by atoms with Gasteiger partial charge in [0.25, 0.3) is 0 Å². The predicted octanol–water partition coefficient (Wildman–Crippen LogP) is 0.0743. The summed E-state index contributed by atoms with van der Waals surface area (Å²) in [7, 11) is 0. The van der Waals surface area contributed by atoms with Crippen LogP contribution in [0.3, 0.4) is 0 Å². The topological polar surface area (TPSA) is 133 Å². The third-order valence-electron chi connectivity index (χ3n) is 3.02. The van der Waals surface area contributed by atoms with E-state index in [1.807, 2.05) is 13.0 Å². The third-order valence-corrected chi connectivity index (χ3v) is 3.02. The first kappa shape index (κ1) is 19.3. The molecule has 0 aliphatic heterocycles. The van der Waals surface area contributed by atoms with Gasteiger partial charge in [0, 0.05) is 31.4 Å². The van der Waals surface area contributed by atoms with E-state index in [-0.39, 0.29) is 25.4 Å². The molecule has 1 rings (SSSR count). The Balaban J connectivity index is 2.03. The van der Waals surface area contributed by atoms with Gasteiger partial charge in [-0.3, -0.25) is 14.4 Å². The number of nitrogens with zero attached hydrogens (tertiary/aromatic N) is 2. The first-order chi connectivity index (χ1) is 11.5. The van der Waals surface area contributed by atoms with Crippen molar-refractivity contribution in [1.82, 2.24) is 20.6 Å². The Morgan fingerprint density at radius 1 is 1.08 bits per heavy atom. The maximum Gasteiger partial charge on any atom is 0.305 e. The Kier molecular flexibility index (Phi) is 8.80. The molecule has 0 atom stereocenters. The quantitative estimate of drug-likeness (QED) is 0.420. The van der Waals surface area contributed by atoms with Crippen LogP contribution in [0.5, 0.6) is 0 Å². The van der Waals surface area contributed by atoms with Crippen LogP contribution in [0.1, 0.15) is 31.4 Å². The number of carboxylic acids is 1. The van der Waals surface area contributed by atoms with E-state index in [1.165, 1.54) is 0 Å². The van der Waals surface area contributed by atoms with Crippen molar-refractivity contribution in [1.29, 1.82) is 0 Å². The highest BCUT2D eigenvalue weighted by molar-refractivity contribution is 5.84. The van der Waals surface area contributed by atoms with Crippen molar-refractivity contribution in [3.63, 3.8) is 0 Å². The van der Waals surface area contributed by atoms with Gasteiger partial charge in [-0.1, -0.05) is 0 Å². The summed E-state index contributed by atoms with van der Waals surface area (Å²) in [6.07, 6.45) is 3.30. The Morgan fingerprint density at radius 3 is 2.58 bits per heavy atom. The fourth-order valence-electron chi connectivity index (χ4n) is 1.78. The summed E-state index contributed by atoms with van der Waals surface area (Å²) in [6.45, 7) is 2.45. The second-order valence-corrected chi connectivity index (χ2v) is 5.18. The molecule has 0 aliphatic carbocycles. The lowest BCUT2D eigenvalue weighted by Crippen LogP contribution is -2.37. The molecule has 1 aromatic rings. The lowest BCUT2D eigenvalue weighted by Gasteiger charge is -2.07. The number of carboxylic acid groups (broad SMARTS) is 1. The SMILES string of the molecule is Cc1ccnc(NCCCCC(=O)NCC(=O)NCCC(=O)O)n1. The number of aromatic nitrogens is 2. The maximum atomic E-state index is 11.6. The minimum absolute atomic E-state index is 0.0523. The molecule has 24 heavy (non-hydrogen) atoms. The van der Waals surface area contributed by atoms with Crippen molar-refractivity contribution >= 4 is 23.7 Å². The van der Waals surface area contributed by atoms with E-state index in [2.05, 4.69) is 25.9 Å². The summed E-state index contributed by atoms with van der Waals surface area (Å²) in [5.74, 6) is -1.03. The Hall–Kier alpha value is -2.71. The van der Waals surface area contributed by atoms with E-state index < -0.39 is 11.9 Å². The molecule has 9 nitrogen and oxygen atoms in total. The number of unbranched alkanes of at least 4 members (excludes halogenated alkanes) is 1. The maximum absolute atomic E-state index is 11.6. The molecule has 1 aromatic heterocycles. The zero-order valence-corrected chi connectivity index (χ0v) is 13.7. The van der Waals surface area contributed by atoms with Gasteiger partial charge in [0.15, 0.2) is 0 Å². The molecule has 0 aliphatic rings. The summed E-state index contributed by atoms with van der Waals surface area (Å²) in [6, 6.07) is 1.81. The van der Waals surface area contributed by atoms with E-state index in [0.717, 1.165) is 12.1 Å². The van der Waals surface area contributed by atoms with Crippen LogP contribution in [0.2, 0.25) is 0 Å². The number of hydrogen-bond donors (Lipinski definition) is 4. The highest BCUT2D eigenvalue weighted by Gasteiger charge is 2.06. The Morgan fingerprint density at radius 2 is 1.88 bits per heavy atom. The number of rotatable bonds is 11. The second-order valence-electron chi connectivity index (χ2n) is 5.18. The van der Waals surface area contributed by atoms with Gasteiger partial charge in [0.2, 0.25) is 17.8 Å². The molecule has 9 heteroatoms. The molecule has 0 unspecified atom stereocenters. The van der Waals surface area contributed by atoms with Gasteiger partial charge in [0.05, 0.1) is 13.0 Å². The van der Waals surface area contributed by atoms with Crippen LogP contribution >= 0.6 is 0 Å². The summed E-state index contributed by atoms with van der Waals surface area (Å²) < 4.78 is 0. The first-order valence-electron chi connectivity index (χ1n) is 7.76.